The van der Waals surface area contributed by atoms with Crippen molar-refractivity contribution in [3.05, 3.63) is 30.1 Å². The van der Waals surface area contributed by atoms with Crippen molar-refractivity contribution >= 4 is 17.6 Å². The summed E-state index contributed by atoms with van der Waals surface area (Å²) in [7, 11) is 0. The second kappa shape index (κ2) is 10.2. The second-order valence-corrected chi connectivity index (χ2v) is 6.14. The van der Waals surface area contributed by atoms with Crippen LogP contribution in [0.1, 0.15) is 33.1 Å². The molecule has 1 fully saturated rings. The summed E-state index contributed by atoms with van der Waals surface area (Å²) in [6.45, 7) is 4.05. The summed E-state index contributed by atoms with van der Waals surface area (Å²) in [5, 5.41) is 0. The van der Waals surface area contributed by atoms with Crippen molar-refractivity contribution in [2.45, 2.75) is 45.3 Å². The Kier molecular flexibility index (Phi) is 8.00. The van der Waals surface area contributed by atoms with E-state index < -0.39 is 23.8 Å². The third-order valence-electron chi connectivity index (χ3n) is 4.16. The lowest BCUT2D eigenvalue weighted by molar-refractivity contribution is -0.143. The number of para-hydroxylation sites is 1. The standard InChI is InChI=1S/C19H26FNO5/c1-3-24-18(22)12-21(17-10-5-4-9-16(17)20)19(23)14(2)26-13-15-8-6-7-11-25-15/h4-5,9-10,14-15H,3,6-8,11-13H2,1-2H3. The highest BCUT2D eigenvalue weighted by molar-refractivity contribution is 6.00. The molecule has 1 aliphatic rings. The van der Waals surface area contributed by atoms with Gasteiger partial charge in [-0.2, -0.15) is 0 Å². The Morgan fingerprint density at radius 2 is 2.12 bits per heavy atom. The van der Waals surface area contributed by atoms with E-state index in [1.54, 1.807) is 19.9 Å². The zero-order valence-electron chi connectivity index (χ0n) is 15.3. The number of hydrogen-bond acceptors (Lipinski definition) is 5. The summed E-state index contributed by atoms with van der Waals surface area (Å²) in [5.74, 6) is -1.70. The molecule has 6 nitrogen and oxygen atoms in total. The maximum Gasteiger partial charge on any atom is 0.326 e. The fraction of sp³-hybridized carbons (Fsp3) is 0.579. The monoisotopic (exact) mass is 367 g/mol. The van der Waals surface area contributed by atoms with Crippen LogP contribution in [-0.2, 0) is 23.8 Å². The fourth-order valence-corrected chi connectivity index (χ4v) is 2.77. The van der Waals surface area contributed by atoms with E-state index in [1.807, 2.05) is 0 Å². The minimum Gasteiger partial charge on any atom is -0.465 e. The van der Waals surface area contributed by atoms with E-state index in [0.717, 1.165) is 24.2 Å². The van der Waals surface area contributed by atoms with Crippen LogP contribution in [0.3, 0.4) is 0 Å². The van der Waals surface area contributed by atoms with Crippen molar-refractivity contribution in [3.63, 3.8) is 0 Å². The lowest BCUT2D eigenvalue weighted by Gasteiger charge is -2.27. The molecule has 0 saturated carbocycles. The average Bonchev–Trinajstić information content (AvgIpc) is 2.65. The van der Waals surface area contributed by atoms with Crippen LogP contribution >= 0.6 is 0 Å². The Morgan fingerprint density at radius 3 is 2.77 bits per heavy atom. The van der Waals surface area contributed by atoms with Crippen molar-refractivity contribution in [2.75, 3.05) is 31.3 Å². The first-order valence-electron chi connectivity index (χ1n) is 8.97. The highest BCUT2D eigenvalue weighted by Gasteiger charge is 2.28. The van der Waals surface area contributed by atoms with Gasteiger partial charge in [0.15, 0.2) is 0 Å². The molecule has 0 aromatic heterocycles. The number of hydrogen-bond donors (Lipinski definition) is 0. The number of esters is 1. The number of benzene rings is 1. The van der Waals surface area contributed by atoms with E-state index in [9.17, 15) is 14.0 Å². The van der Waals surface area contributed by atoms with E-state index in [0.29, 0.717) is 6.61 Å². The summed E-state index contributed by atoms with van der Waals surface area (Å²) in [6.07, 6.45) is 2.12. The molecule has 0 radical (unpaired) electrons. The molecule has 0 bridgehead atoms. The average molecular weight is 367 g/mol. The Morgan fingerprint density at radius 1 is 1.35 bits per heavy atom. The molecule has 144 valence electrons. The van der Waals surface area contributed by atoms with Gasteiger partial charge >= 0.3 is 5.97 Å². The van der Waals surface area contributed by atoms with Crippen LogP contribution in [-0.4, -0.2) is 50.4 Å². The molecule has 26 heavy (non-hydrogen) atoms. The van der Waals surface area contributed by atoms with Gasteiger partial charge in [0.25, 0.3) is 5.91 Å². The Balaban J connectivity index is 2.06. The third kappa shape index (κ3) is 5.78. The molecule has 1 heterocycles. The molecule has 1 saturated heterocycles. The maximum absolute atomic E-state index is 14.2. The van der Waals surface area contributed by atoms with Gasteiger partial charge in [0, 0.05) is 6.61 Å². The first kappa shape index (κ1) is 20.3. The summed E-state index contributed by atoms with van der Waals surface area (Å²) < 4.78 is 30.3. The van der Waals surface area contributed by atoms with Crippen molar-refractivity contribution in [3.8, 4) is 0 Å². The molecule has 1 amide bonds. The van der Waals surface area contributed by atoms with Crippen LogP contribution in [0.15, 0.2) is 24.3 Å². The molecule has 0 aliphatic carbocycles. The predicted octanol–water partition coefficient (Wildman–Crippen LogP) is 2.70. The number of carbonyl (C=O) groups excluding carboxylic acids is 2. The minimum absolute atomic E-state index is 0.0231. The number of ether oxygens (including phenoxy) is 3. The zero-order valence-corrected chi connectivity index (χ0v) is 15.3. The van der Waals surface area contributed by atoms with Gasteiger partial charge in [0.1, 0.15) is 18.5 Å². The van der Waals surface area contributed by atoms with Gasteiger partial charge in [0.2, 0.25) is 0 Å². The Bertz CT molecular complexity index is 603. The topological polar surface area (TPSA) is 65.1 Å². The van der Waals surface area contributed by atoms with Crippen LogP contribution in [0.4, 0.5) is 10.1 Å². The molecule has 7 heteroatoms. The molecule has 1 aromatic carbocycles. The molecule has 1 aromatic rings. The molecule has 0 spiro atoms. The first-order valence-corrected chi connectivity index (χ1v) is 8.97. The van der Waals surface area contributed by atoms with E-state index >= 15 is 0 Å². The SMILES string of the molecule is CCOC(=O)CN(C(=O)C(C)OCC1CCCCO1)c1ccccc1F. The van der Waals surface area contributed by atoms with Crippen LogP contribution in [0, 0.1) is 5.82 Å². The molecule has 2 atom stereocenters. The number of amides is 1. The smallest absolute Gasteiger partial charge is 0.326 e. The van der Waals surface area contributed by atoms with Crippen molar-refractivity contribution < 1.29 is 28.2 Å². The van der Waals surface area contributed by atoms with Crippen LogP contribution in [0.25, 0.3) is 0 Å². The van der Waals surface area contributed by atoms with Crippen molar-refractivity contribution in [1.82, 2.24) is 0 Å². The number of halogens is 1. The maximum atomic E-state index is 14.2. The number of anilines is 1. The molecule has 2 rings (SSSR count). The zero-order chi connectivity index (χ0) is 18.9. The van der Waals surface area contributed by atoms with Crippen LogP contribution < -0.4 is 4.90 Å². The molecule has 0 N–H and O–H groups in total. The molecule has 1 aliphatic heterocycles. The Hall–Kier alpha value is -1.99. The van der Waals surface area contributed by atoms with Gasteiger partial charge < -0.3 is 14.2 Å². The predicted molar refractivity (Wildman–Crippen MR) is 94.4 cm³/mol. The molecular weight excluding hydrogens is 341 g/mol. The van der Waals surface area contributed by atoms with Crippen LogP contribution in [0.2, 0.25) is 0 Å². The lowest BCUT2D eigenvalue weighted by atomic mass is 10.1. The summed E-state index contributed by atoms with van der Waals surface area (Å²) in [6, 6.07) is 5.81. The molecular formula is C19H26FNO5. The van der Waals surface area contributed by atoms with Crippen LogP contribution in [0.5, 0.6) is 0 Å². The largest absolute Gasteiger partial charge is 0.465 e. The summed E-state index contributed by atoms with van der Waals surface area (Å²) in [4.78, 5) is 25.7. The quantitative estimate of drug-likeness (QED) is 0.661. The van der Waals surface area contributed by atoms with E-state index in [1.165, 1.54) is 18.2 Å². The number of nitrogens with zero attached hydrogens (tertiary/aromatic N) is 1. The normalized spacial score (nSPS) is 18.2. The first-order chi connectivity index (χ1) is 12.5. The van der Waals surface area contributed by atoms with Crippen molar-refractivity contribution in [1.29, 1.82) is 0 Å². The Labute approximate surface area is 153 Å². The van der Waals surface area contributed by atoms with Gasteiger partial charge in [-0.3, -0.25) is 14.5 Å². The van der Waals surface area contributed by atoms with E-state index in [-0.39, 0.29) is 31.5 Å². The van der Waals surface area contributed by atoms with Gasteiger partial charge in [-0.15, -0.1) is 0 Å². The van der Waals surface area contributed by atoms with Gasteiger partial charge in [-0.1, -0.05) is 12.1 Å². The summed E-state index contributed by atoms with van der Waals surface area (Å²) in [5.41, 5.74) is 0.0231. The van der Waals surface area contributed by atoms with E-state index in [4.69, 9.17) is 14.2 Å². The number of rotatable bonds is 8. The number of carbonyl (C=O) groups is 2. The van der Waals surface area contributed by atoms with E-state index in [2.05, 4.69) is 0 Å². The van der Waals surface area contributed by atoms with Gasteiger partial charge in [-0.05, 0) is 45.2 Å². The third-order valence-corrected chi connectivity index (χ3v) is 4.16. The van der Waals surface area contributed by atoms with Gasteiger partial charge in [0.05, 0.1) is 25.0 Å². The molecule has 2 unspecified atom stereocenters. The van der Waals surface area contributed by atoms with Gasteiger partial charge in [-0.25, -0.2) is 4.39 Å². The fourth-order valence-electron chi connectivity index (χ4n) is 2.77. The summed E-state index contributed by atoms with van der Waals surface area (Å²) >= 11 is 0. The van der Waals surface area contributed by atoms with Crippen molar-refractivity contribution in [2.24, 2.45) is 0 Å². The highest BCUT2D eigenvalue weighted by Crippen LogP contribution is 2.21. The minimum atomic E-state index is -0.838. The highest BCUT2D eigenvalue weighted by atomic mass is 19.1. The lowest BCUT2D eigenvalue weighted by Crippen LogP contribution is -2.44. The second-order valence-electron chi connectivity index (χ2n) is 6.14.